The predicted molar refractivity (Wildman–Crippen MR) is 314 cm³/mol. The fraction of sp³-hybridized carbons (Fsp3) is 0.825. The van der Waals surface area contributed by atoms with Gasteiger partial charge in [0.2, 0.25) is 5.91 Å². The standard InChI is InChI=1S/C63H119N2O6P/c1-6-8-10-12-14-16-18-20-22-24-26-28-30-31-32-33-35-36-38-40-42-44-46-48-50-52-54-56-62(66)61(60-71-72(68,69)70-59-58-65(3,4)5)64-63(67)57-55-53-51-49-47-45-43-41-39-37-34-29-27-25-23-21-19-17-15-13-11-9-7-2/h19,21,25,27,38,40,46,48,54,56,61-62,66H,6-18,20,22-24,26,28-37,39,41-45,47,49-53,55,57-60H2,1-5H3,(H-,64,67,68,69)/p+1/b21-19-,27-25-,40-38+,48-46+,56-54+. The van der Waals surface area contributed by atoms with Gasteiger partial charge >= 0.3 is 7.82 Å². The average Bonchev–Trinajstić information content (AvgIpc) is 3.34. The zero-order valence-corrected chi connectivity index (χ0v) is 49.1. The van der Waals surface area contributed by atoms with Crippen LogP contribution in [0.15, 0.2) is 60.8 Å². The summed E-state index contributed by atoms with van der Waals surface area (Å²) in [6, 6.07) is -0.874. The molecule has 0 radical (unpaired) electrons. The summed E-state index contributed by atoms with van der Waals surface area (Å²) in [6.45, 7) is 4.80. The van der Waals surface area contributed by atoms with Crippen molar-refractivity contribution in [3.05, 3.63) is 60.8 Å². The van der Waals surface area contributed by atoms with E-state index in [0.29, 0.717) is 17.4 Å². The number of likely N-dealkylation sites (N-methyl/N-ethyl adjacent to an activating group) is 1. The van der Waals surface area contributed by atoms with E-state index < -0.39 is 20.0 Å². The van der Waals surface area contributed by atoms with Gasteiger partial charge in [0.15, 0.2) is 0 Å². The maximum absolute atomic E-state index is 13.0. The summed E-state index contributed by atoms with van der Waals surface area (Å²) in [5, 5.41) is 13.9. The first kappa shape index (κ1) is 70.2. The number of rotatable bonds is 56. The number of hydrogen-bond acceptors (Lipinski definition) is 5. The van der Waals surface area contributed by atoms with Crippen LogP contribution >= 0.6 is 7.82 Å². The van der Waals surface area contributed by atoms with Gasteiger partial charge in [0.25, 0.3) is 0 Å². The highest BCUT2D eigenvalue weighted by Gasteiger charge is 2.27. The van der Waals surface area contributed by atoms with Crippen molar-refractivity contribution in [3.63, 3.8) is 0 Å². The molecule has 0 aromatic heterocycles. The monoisotopic (exact) mass is 1030 g/mol. The normalized spacial score (nSPS) is 14.3. The molecule has 0 fully saturated rings. The van der Waals surface area contributed by atoms with Crippen LogP contribution in [0.5, 0.6) is 0 Å². The molecule has 0 heterocycles. The first-order chi connectivity index (χ1) is 35.0. The minimum atomic E-state index is -4.36. The zero-order valence-electron chi connectivity index (χ0n) is 48.2. The van der Waals surface area contributed by atoms with Crippen molar-refractivity contribution in [2.45, 2.75) is 296 Å². The number of phosphoric acid groups is 1. The Kier molecular flexibility index (Phi) is 52.7. The Morgan fingerprint density at radius 1 is 0.472 bits per heavy atom. The van der Waals surface area contributed by atoms with E-state index >= 15 is 0 Å². The molecule has 0 saturated heterocycles. The second kappa shape index (κ2) is 54.0. The molecule has 0 bridgehead atoms. The van der Waals surface area contributed by atoms with E-state index in [1.807, 2.05) is 27.2 Å². The Morgan fingerprint density at radius 2 is 0.806 bits per heavy atom. The Hall–Kier alpha value is -1.80. The molecule has 0 aliphatic rings. The fourth-order valence-electron chi connectivity index (χ4n) is 8.87. The number of hydrogen-bond donors (Lipinski definition) is 3. The molecule has 9 heteroatoms. The minimum Gasteiger partial charge on any atom is -0.387 e. The number of quaternary nitrogens is 1. The van der Waals surface area contributed by atoms with Crippen LogP contribution in [0, 0.1) is 0 Å². The molecule has 0 aliphatic heterocycles. The summed E-state index contributed by atoms with van der Waals surface area (Å²) in [4.78, 5) is 23.3. The third kappa shape index (κ3) is 55.9. The van der Waals surface area contributed by atoms with Crippen LogP contribution in [0.4, 0.5) is 0 Å². The lowest BCUT2D eigenvalue weighted by molar-refractivity contribution is -0.870. The third-order valence-electron chi connectivity index (χ3n) is 13.7. The van der Waals surface area contributed by atoms with Crippen LogP contribution in [-0.2, 0) is 18.4 Å². The van der Waals surface area contributed by atoms with Crippen molar-refractivity contribution in [1.82, 2.24) is 5.32 Å². The van der Waals surface area contributed by atoms with Crippen molar-refractivity contribution in [3.8, 4) is 0 Å². The van der Waals surface area contributed by atoms with Crippen molar-refractivity contribution in [2.75, 3.05) is 40.9 Å². The largest absolute Gasteiger partial charge is 0.472 e. The lowest BCUT2D eigenvalue weighted by Gasteiger charge is -2.25. The van der Waals surface area contributed by atoms with Crippen LogP contribution in [0.3, 0.4) is 0 Å². The van der Waals surface area contributed by atoms with E-state index in [1.54, 1.807) is 6.08 Å². The van der Waals surface area contributed by atoms with Gasteiger partial charge in [0, 0.05) is 6.42 Å². The second-order valence-corrected chi connectivity index (χ2v) is 23.5. The third-order valence-corrected chi connectivity index (χ3v) is 14.7. The highest BCUT2D eigenvalue weighted by molar-refractivity contribution is 7.47. The molecule has 72 heavy (non-hydrogen) atoms. The van der Waals surface area contributed by atoms with Crippen molar-refractivity contribution in [1.29, 1.82) is 0 Å². The molecule has 422 valence electrons. The minimum absolute atomic E-state index is 0.0518. The van der Waals surface area contributed by atoms with E-state index in [-0.39, 0.29) is 19.1 Å². The number of carbonyl (C=O) groups is 1. The van der Waals surface area contributed by atoms with E-state index in [4.69, 9.17) is 9.05 Å². The van der Waals surface area contributed by atoms with Gasteiger partial charge in [-0.05, 0) is 77.0 Å². The number of unbranched alkanes of at least 4 members (excludes halogenated alkanes) is 35. The number of amides is 1. The fourth-order valence-corrected chi connectivity index (χ4v) is 9.61. The van der Waals surface area contributed by atoms with Crippen LogP contribution in [0.2, 0.25) is 0 Å². The molecule has 0 aliphatic carbocycles. The molecular weight excluding hydrogens is 912 g/mol. The summed E-state index contributed by atoms with van der Waals surface area (Å²) < 4.78 is 23.7. The first-order valence-corrected chi connectivity index (χ1v) is 32.2. The number of phosphoric ester groups is 1. The number of nitrogens with zero attached hydrogens (tertiary/aromatic N) is 1. The molecule has 0 saturated carbocycles. The van der Waals surface area contributed by atoms with Gasteiger partial charge in [0.05, 0.1) is 39.9 Å². The molecule has 8 nitrogen and oxygen atoms in total. The molecule has 3 atom stereocenters. The maximum atomic E-state index is 13.0. The molecule has 0 aromatic carbocycles. The topological polar surface area (TPSA) is 105 Å². The highest BCUT2D eigenvalue weighted by Crippen LogP contribution is 2.43. The van der Waals surface area contributed by atoms with E-state index in [1.165, 1.54) is 212 Å². The van der Waals surface area contributed by atoms with Crippen LogP contribution in [0.1, 0.15) is 284 Å². The van der Waals surface area contributed by atoms with Crippen LogP contribution in [-0.4, -0.2) is 73.4 Å². The smallest absolute Gasteiger partial charge is 0.387 e. The number of aliphatic hydroxyl groups excluding tert-OH is 1. The van der Waals surface area contributed by atoms with E-state index in [2.05, 4.69) is 67.8 Å². The summed E-state index contributed by atoms with van der Waals surface area (Å²) in [6.07, 6.45) is 73.4. The Labute approximate surface area is 447 Å². The van der Waals surface area contributed by atoms with Crippen molar-refractivity contribution >= 4 is 13.7 Å². The lowest BCUT2D eigenvalue weighted by Crippen LogP contribution is -2.45. The van der Waals surface area contributed by atoms with Gasteiger partial charge in [0.1, 0.15) is 13.2 Å². The number of nitrogens with one attached hydrogen (secondary N) is 1. The molecule has 1 amide bonds. The van der Waals surface area contributed by atoms with Gasteiger partial charge < -0.3 is 19.8 Å². The second-order valence-electron chi connectivity index (χ2n) is 22.1. The van der Waals surface area contributed by atoms with Crippen LogP contribution in [0.25, 0.3) is 0 Å². The maximum Gasteiger partial charge on any atom is 0.472 e. The molecular formula is C63H120N2O6P+. The van der Waals surface area contributed by atoms with E-state index in [9.17, 15) is 19.4 Å². The van der Waals surface area contributed by atoms with Crippen molar-refractivity contribution < 1.29 is 32.9 Å². The van der Waals surface area contributed by atoms with Gasteiger partial charge in [-0.2, -0.15) is 0 Å². The summed E-state index contributed by atoms with van der Waals surface area (Å²) in [7, 11) is 1.55. The number of aliphatic hydroxyl groups is 1. The molecule has 0 aromatic rings. The van der Waals surface area contributed by atoms with Crippen LogP contribution < -0.4 is 5.32 Å². The number of allylic oxidation sites excluding steroid dienone is 9. The predicted octanol–water partition coefficient (Wildman–Crippen LogP) is 18.9. The molecule has 3 unspecified atom stereocenters. The Morgan fingerprint density at radius 3 is 1.19 bits per heavy atom. The summed E-state index contributed by atoms with van der Waals surface area (Å²) >= 11 is 0. The Balaban J connectivity index is 4.25. The van der Waals surface area contributed by atoms with Crippen molar-refractivity contribution in [2.24, 2.45) is 0 Å². The van der Waals surface area contributed by atoms with Gasteiger partial charge in [-0.3, -0.25) is 13.8 Å². The van der Waals surface area contributed by atoms with Gasteiger partial charge in [-0.25, -0.2) is 4.57 Å². The molecule has 3 N–H and O–H groups in total. The summed E-state index contributed by atoms with van der Waals surface area (Å²) in [5.41, 5.74) is 0. The lowest BCUT2D eigenvalue weighted by atomic mass is 10.0. The highest BCUT2D eigenvalue weighted by atomic mass is 31.2. The number of carbonyl (C=O) groups excluding carboxylic acids is 1. The SMILES string of the molecule is CCCCCCC/C=C\C/C=C\CCCCCCCCCCCCCC(=O)NC(COP(=O)(O)OCC[N+](C)(C)C)C(O)/C=C/CC/C=C/CC/C=C/CCCCCCCCCCCCCCCCCCC. The van der Waals surface area contributed by atoms with Gasteiger partial charge in [-0.15, -0.1) is 0 Å². The quantitative estimate of drug-likeness (QED) is 0.0243. The molecule has 0 spiro atoms. The average molecular weight is 1030 g/mol. The van der Waals surface area contributed by atoms with Gasteiger partial charge in [-0.1, -0.05) is 261 Å². The zero-order chi connectivity index (χ0) is 52.7. The first-order valence-electron chi connectivity index (χ1n) is 30.7. The summed E-state index contributed by atoms with van der Waals surface area (Å²) in [5.74, 6) is -0.192. The Bertz CT molecular complexity index is 1360. The molecule has 0 rings (SSSR count). The van der Waals surface area contributed by atoms with E-state index in [0.717, 1.165) is 51.4 Å².